The fourth-order valence-electron chi connectivity index (χ4n) is 1.22. The van der Waals surface area contributed by atoms with Crippen LogP contribution in [0, 0.1) is 0 Å². The SMILES string of the molecule is CCC(=O)OCC(O)COCCCCOCC(C)O. The molecule has 2 unspecified atom stereocenters. The zero-order valence-corrected chi connectivity index (χ0v) is 11.8. The summed E-state index contributed by atoms with van der Waals surface area (Å²) < 4.78 is 15.2. The highest BCUT2D eigenvalue weighted by molar-refractivity contribution is 5.68. The Kier molecular flexibility index (Phi) is 11.9. The van der Waals surface area contributed by atoms with Gasteiger partial charge >= 0.3 is 5.97 Å². The second kappa shape index (κ2) is 12.3. The van der Waals surface area contributed by atoms with Crippen LogP contribution in [0.25, 0.3) is 0 Å². The van der Waals surface area contributed by atoms with E-state index in [2.05, 4.69) is 0 Å². The van der Waals surface area contributed by atoms with E-state index in [9.17, 15) is 9.90 Å². The molecule has 0 amide bonds. The number of aliphatic hydroxyl groups excluding tert-OH is 2. The lowest BCUT2D eigenvalue weighted by Crippen LogP contribution is -2.23. The third-order valence-electron chi connectivity index (χ3n) is 2.22. The highest BCUT2D eigenvalue weighted by atomic mass is 16.5. The van der Waals surface area contributed by atoms with Gasteiger partial charge in [-0.1, -0.05) is 6.92 Å². The van der Waals surface area contributed by atoms with Gasteiger partial charge in [0.05, 0.1) is 19.3 Å². The Morgan fingerprint density at radius 1 is 1.05 bits per heavy atom. The highest BCUT2D eigenvalue weighted by Gasteiger charge is 2.07. The average Bonchev–Trinajstić information content (AvgIpc) is 2.38. The highest BCUT2D eigenvalue weighted by Crippen LogP contribution is 1.95. The topological polar surface area (TPSA) is 85.2 Å². The summed E-state index contributed by atoms with van der Waals surface area (Å²) in [7, 11) is 0. The Bertz CT molecular complexity index is 219. The van der Waals surface area contributed by atoms with Gasteiger partial charge in [0.15, 0.2) is 0 Å². The fourth-order valence-corrected chi connectivity index (χ4v) is 1.22. The summed E-state index contributed by atoms with van der Waals surface area (Å²) in [5, 5.41) is 18.4. The van der Waals surface area contributed by atoms with Crippen LogP contribution < -0.4 is 0 Å². The van der Waals surface area contributed by atoms with E-state index in [0.29, 0.717) is 26.2 Å². The summed E-state index contributed by atoms with van der Waals surface area (Å²) in [6.45, 7) is 4.97. The molecular weight excluding hydrogens is 252 g/mol. The molecule has 0 bridgehead atoms. The molecule has 0 aromatic rings. The van der Waals surface area contributed by atoms with Crippen LogP contribution in [0.4, 0.5) is 0 Å². The van der Waals surface area contributed by atoms with Gasteiger partial charge in [0.25, 0.3) is 0 Å². The van der Waals surface area contributed by atoms with Gasteiger partial charge in [-0.05, 0) is 19.8 Å². The molecule has 2 atom stereocenters. The van der Waals surface area contributed by atoms with Crippen molar-refractivity contribution in [2.24, 2.45) is 0 Å². The lowest BCUT2D eigenvalue weighted by molar-refractivity contribution is -0.147. The van der Waals surface area contributed by atoms with Crippen LogP contribution >= 0.6 is 0 Å². The Morgan fingerprint density at radius 3 is 2.16 bits per heavy atom. The molecule has 0 aliphatic rings. The largest absolute Gasteiger partial charge is 0.463 e. The number of hydrogen-bond acceptors (Lipinski definition) is 6. The van der Waals surface area contributed by atoms with Crippen LogP contribution in [0.5, 0.6) is 0 Å². The normalized spacial score (nSPS) is 14.1. The molecule has 114 valence electrons. The molecule has 0 heterocycles. The number of unbranched alkanes of at least 4 members (excludes halogenated alkanes) is 1. The summed E-state index contributed by atoms with van der Waals surface area (Å²) in [4.78, 5) is 10.8. The van der Waals surface area contributed by atoms with Crippen molar-refractivity contribution in [1.29, 1.82) is 0 Å². The van der Waals surface area contributed by atoms with Gasteiger partial charge in [0.1, 0.15) is 12.7 Å². The molecule has 0 aromatic carbocycles. The second-order valence-corrected chi connectivity index (χ2v) is 4.40. The first kappa shape index (κ1) is 18.3. The van der Waals surface area contributed by atoms with E-state index in [-0.39, 0.29) is 19.2 Å². The number of rotatable bonds is 12. The van der Waals surface area contributed by atoms with Gasteiger partial charge in [0.2, 0.25) is 0 Å². The molecule has 19 heavy (non-hydrogen) atoms. The van der Waals surface area contributed by atoms with E-state index in [1.165, 1.54) is 0 Å². The van der Waals surface area contributed by atoms with Gasteiger partial charge in [-0.25, -0.2) is 0 Å². The Labute approximate surface area is 114 Å². The van der Waals surface area contributed by atoms with Crippen molar-refractivity contribution in [2.45, 2.75) is 45.3 Å². The third kappa shape index (κ3) is 13.5. The number of carbonyl (C=O) groups excluding carboxylic acids is 1. The quantitative estimate of drug-likeness (QED) is 0.399. The van der Waals surface area contributed by atoms with Crippen LogP contribution in [-0.2, 0) is 19.0 Å². The molecule has 0 aromatic heterocycles. The molecule has 0 fully saturated rings. The number of ether oxygens (including phenoxy) is 3. The molecule has 6 nitrogen and oxygen atoms in total. The van der Waals surface area contributed by atoms with E-state index in [1.807, 2.05) is 0 Å². The molecule has 0 saturated carbocycles. The second-order valence-electron chi connectivity index (χ2n) is 4.40. The van der Waals surface area contributed by atoms with E-state index in [0.717, 1.165) is 12.8 Å². The number of esters is 1. The molecule has 2 N–H and O–H groups in total. The van der Waals surface area contributed by atoms with Crippen molar-refractivity contribution in [3.8, 4) is 0 Å². The van der Waals surface area contributed by atoms with Crippen LogP contribution in [0.15, 0.2) is 0 Å². The molecule has 0 saturated heterocycles. The van der Waals surface area contributed by atoms with Gasteiger partial charge in [0, 0.05) is 19.6 Å². The van der Waals surface area contributed by atoms with Gasteiger partial charge in [-0.15, -0.1) is 0 Å². The summed E-state index contributed by atoms with van der Waals surface area (Å²) in [5.74, 6) is -0.325. The first-order chi connectivity index (χ1) is 9.06. The smallest absolute Gasteiger partial charge is 0.305 e. The van der Waals surface area contributed by atoms with Crippen LogP contribution in [0.3, 0.4) is 0 Å². The predicted molar refractivity (Wildman–Crippen MR) is 69.8 cm³/mol. The first-order valence-electron chi connectivity index (χ1n) is 6.73. The monoisotopic (exact) mass is 278 g/mol. The number of hydrogen-bond donors (Lipinski definition) is 2. The minimum atomic E-state index is -0.776. The molecule has 0 spiro atoms. The minimum Gasteiger partial charge on any atom is -0.463 e. The van der Waals surface area contributed by atoms with Crippen molar-refractivity contribution in [3.63, 3.8) is 0 Å². The summed E-state index contributed by atoms with van der Waals surface area (Å²) >= 11 is 0. The zero-order valence-electron chi connectivity index (χ0n) is 11.8. The molecule has 6 heteroatoms. The fraction of sp³-hybridized carbons (Fsp3) is 0.923. The van der Waals surface area contributed by atoms with Gasteiger partial charge < -0.3 is 24.4 Å². The lowest BCUT2D eigenvalue weighted by atomic mass is 10.3. The lowest BCUT2D eigenvalue weighted by Gasteiger charge is -2.11. The zero-order chi connectivity index (χ0) is 14.5. The first-order valence-corrected chi connectivity index (χ1v) is 6.73. The summed E-state index contributed by atoms with van der Waals surface area (Å²) in [5.41, 5.74) is 0. The molecule has 0 rings (SSSR count). The summed E-state index contributed by atoms with van der Waals surface area (Å²) in [6, 6.07) is 0. The Balaban J connectivity index is 3.23. The third-order valence-corrected chi connectivity index (χ3v) is 2.22. The van der Waals surface area contributed by atoms with E-state index in [4.69, 9.17) is 19.3 Å². The predicted octanol–water partition coefficient (Wildman–Crippen LogP) is 0.495. The van der Waals surface area contributed by atoms with Gasteiger partial charge in [-0.3, -0.25) is 4.79 Å². The van der Waals surface area contributed by atoms with E-state index < -0.39 is 12.2 Å². The number of carbonyl (C=O) groups is 1. The maximum absolute atomic E-state index is 10.8. The maximum Gasteiger partial charge on any atom is 0.305 e. The van der Waals surface area contributed by atoms with Crippen molar-refractivity contribution < 1.29 is 29.2 Å². The van der Waals surface area contributed by atoms with Crippen molar-refractivity contribution in [1.82, 2.24) is 0 Å². The van der Waals surface area contributed by atoms with Crippen LogP contribution in [0.2, 0.25) is 0 Å². The van der Waals surface area contributed by atoms with Crippen LogP contribution in [0.1, 0.15) is 33.1 Å². The van der Waals surface area contributed by atoms with Crippen molar-refractivity contribution in [2.75, 3.05) is 33.0 Å². The minimum absolute atomic E-state index is 0.0236. The standard InChI is InChI=1S/C13H26O6/c1-3-13(16)19-10-12(15)9-18-7-5-4-6-17-8-11(2)14/h11-12,14-15H,3-10H2,1-2H3. The molecular formula is C13H26O6. The average molecular weight is 278 g/mol. The molecule has 0 radical (unpaired) electrons. The van der Waals surface area contributed by atoms with Crippen molar-refractivity contribution >= 4 is 5.97 Å². The Hall–Kier alpha value is -0.690. The molecule has 0 aliphatic heterocycles. The summed E-state index contributed by atoms with van der Waals surface area (Å²) in [6.07, 6.45) is 0.758. The number of aliphatic hydroxyl groups is 2. The van der Waals surface area contributed by atoms with Gasteiger partial charge in [-0.2, -0.15) is 0 Å². The van der Waals surface area contributed by atoms with Crippen LogP contribution in [-0.4, -0.2) is 61.4 Å². The van der Waals surface area contributed by atoms with E-state index in [1.54, 1.807) is 13.8 Å². The van der Waals surface area contributed by atoms with Crippen molar-refractivity contribution in [3.05, 3.63) is 0 Å². The van der Waals surface area contributed by atoms with E-state index >= 15 is 0 Å². The Morgan fingerprint density at radius 2 is 1.63 bits per heavy atom. The molecule has 0 aliphatic carbocycles. The maximum atomic E-state index is 10.8.